The Morgan fingerprint density at radius 3 is 2.42 bits per heavy atom. The molecular formula is C20H24O4. The third kappa shape index (κ3) is 5.30. The molecule has 4 heteroatoms. The minimum absolute atomic E-state index is 0.341. The van der Waals surface area contributed by atoms with Gasteiger partial charge in [-0.05, 0) is 36.6 Å². The molecule has 0 radical (unpaired) electrons. The summed E-state index contributed by atoms with van der Waals surface area (Å²) in [6.07, 6.45) is 0. The first-order valence-electron chi connectivity index (χ1n) is 8.20. The molecule has 0 aliphatic heterocycles. The largest absolute Gasteiger partial charge is 0.489 e. The standard InChI is InChI=1S/C20H24O4/c1-4-22-20(21)17-10-11-18(19(12-17)23-13-15(2)3)24-14-16-8-6-5-7-9-16/h5-12,15H,4,13-14H2,1-3H3. The monoisotopic (exact) mass is 328 g/mol. The molecule has 0 spiro atoms. The van der Waals surface area contributed by atoms with Gasteiger partial charge in [0.25, 0.3) is 0 Å². The van der Waals surface area contributed by atoms with Gasteiger partial charge in [-0.1, -0.05) is 44.2 Å². The average molecular weight is 328 g/mol. The molecule has 0 bridgehead atoms. The van der Waals surface area contributed by atoms with Gasteiger partial charge in [-0.2, -0.15) is 0 Å². The smallest absolute Gasteiger partial charge is 0.338 e. The molecule has 24 heavy (non-hydrogen) atoms. The highest BCUT2D eigenvalue weighted by molar-refractivity contribution is 5.90. The second-order valence-corrected chi connectivity index (χ2v) is 5.86. The average Bonchev–Trinajstić information content (AvgIpc) is 2.59. The Morgan fingerprint density at radius 1 is 1.00 bits per heavy atom. The molecular weight excluding hydrogens is 304 g/mol. The van der Waals surface area contributed by atoms with Gasteiger partial charge in [0.05, 0.1) is 18.8 Å². The molecule has 0 aliphatic carbocycles. The normalized spacial score (nSPS) is 10.5. The third-order valence-electron chi connectivity index (χ3n) is 3.26. The lowest BCUT2D eigenvalue weighted by molar-refractivity contribution is 0.0525. The van der Waals surface area contributed by atoms with Gasteiger partial charge in [0.2, 0.25) is 0 Å². The molecule has 2 aromatic rings. The second-order valence-electron chi connectivity index (χ2n) is 5.86. The van der Waals surface area contributed by atoms with E-state index in [4.69, 9.17) is 14.2 Å². The van der Waals surface area contributed by atoms with Crippen LogP contribution in [0, 0.1) is 5.92 Å². The van der Waals surface area contributed by atoms with Gasteiger partial charge in [0, 0.05) is 0 Å². The van der Waals surface area contributed by atoms with Crippen molar-refractivity contribution < 1.29 is 19.0 Å². The molecule has 2 rings (SSSR count). The van der Waals surface area contributed by atoms with Crippen molar-refractivity contribution in [2.45, 2.75) is 27.4 Å². The van der Waals surface area contributed by atoms with Crippen LogP contribution < -0.4 is 9.47 Å². The zero-order chi connectivity index (χ0) is 17.4. The van der Waals surface area contributed by atoms with Gasteiger partial charge in [0.15, 0.2) is 11.5 Å². The van der Waals surface area contributed by atoms with Crippen LogP contribution in [0.2, 0.25) is 0 Å². The van der Waals surface area contributed by atoms with E-state index >= 15 is 0 Å². The summed E-state index contributed by atoms with van der Waals surface area (Å²) in [5.74, 6) is 1.19. The Balaban J connectivity index is 2.16. The van der Waals surface area contributed by atoms with Gasteiger partial charge in [-0.25, -0.2) is 4.79 Å². The minimum Gasteiger partial charge on any atom is -0.489 e. The van der Waals surface area contributed by atoms with Crippen molar-refractivity contribution in [3.63, 3.8) is 0 Å². The first kappa shape index (κ1) is 17.9. The Labute approximate surface area is 143 Å². The topological polar surface area (TPSA) is 44.8 Å². The van der Waals surface area contributed by atoms with Crippen molar-refractivity contribution in [1.82, 2.24) is 0 Å². The number of hydrogen-bond acceptors (Lipinski definition) is 4. The molecule has 0 saturated heterocycles. The van der Waals surface area contributed by atoms with Crippen LogP contribution in [0.1, 0.15) is 36.7 Å². The van der Waals surface area contributed by atoms with Gasteiger partial charge < -0.3 is 14.2 Å². The SMILES string of the molecule is CCOC(=O)c1ccc(OCc2ccccc2)c(OCC(C)C)c1. The first-order chi connectivity index (χ1) is 11.6. The van der Waals surface area contributed by atoms with Crippen LogP contribution in [0.5, 0.6) is 11.5 Å². The maximum absolute atomic E-state index is 11.9. The van der Waals surface area contributed by atoms with Crippen molar-refractivity contribution in [3.05, 3.63) is 59.7 Å². The quantitative estimate of drug-likeness (QED) is 0.670. The maximum atomic E-state index is 11.9. The number of benzene rings is 2. The zero-order valence-electron chi connectivity index (χ0n) is 14.5. The summed E-state index contributed by atoms with van der Waals surface area (Å²) in [5, 5.41) is 0. The summed E-state index contributed by atoms with van der Waals surface area (Å²) in [7, 11) is 0. The van der Waals surface area contributed by atoms with E-state index in [9.17, 15) is 4.79 Å². The van der Waals surface area contributed by atoms with E-state index in [0.29, 0.717) is 42.8 Å². The summed E-state index contributed by atoms with van der Waals surface area (Å²) >= 11 is 0. The Kier molecular flexibility index (Phi) is 6.67. The fraction of sp³-hybridized carbons (Fsp3) is 0.350. The Morgan fingerprint density at radius 2 is 1.75 bits per heavy atom. The van der Waals surface area contributed by atoms with E-state index < -0.39 is 0 Å². The zero-order valence-corrected chi connectivity index (χ0v) is 14.5. The number of hydrogen-bond donors (Lipinski definition) is 0. The van der Waals surface area contributed by atoms with E-state index in [-0.39, 0.29) is 5.97 Å². The van der Waals surface area contributed by atoms with Crippen LogP contribution >= 0.6 is 0 Å². The van der Waals surface area contributed by atoms with E-state index in [1.807, 2.05) is 30.3 Å². The van der Waals surface area contributed by atoms with Crippen LogP contribution in [0.3, 0.4) is 0 Å². The number of carbonyl (C=O) groups excluding carboxylic acids is 1. The first-order valence-corrected chi connectivity index (χ1v) is 8.20. The molecule has 4 nitrogen and oxygen atoms in total. The van der Waals surface area contributed by atoms with Crippen molar-refractivity contribution in [2.24, 2.45) is 5.92 Å². The number of rotatable bonds is 8. The Hall–Kier alpha value is -2.49. The van der Waals surface area contributed by atoms with Crippen molar-refractivity contribution >= 4 is 5.97 Å². The lowest BCUT2D eigenvalue weighted by Gasteiger charge is -2.15. The summed E-state index contributed by atoms with van der Waals surface area (Å²) in [4.78, 5) is 11.9. The molecule has 128 valence electrons. The highest BCUT2D eigenvalue weighted by Crippen LogP contribution is 2.30. The molecule has 0 aromatic heterocycles. The van der Waals surface area contributed by atoms with E-state index in [2.05, 4.69) is 13.8 Å². The summed E-state index contributed by atoms with van der Waals surface area (Å²) in [6.45, 7) is 7.25. The molecule has 2 aromatic carbocycles. The summed E-state index contributed by atoms with van der Waals surface area (Å²) in [6, 6.07) is 15.0. The third-order valence-corrected chi connectivity index (χ3v) is 3.26. The number of carbonyl (C=O) groups is 1. The van der Waals surface area contributed by atoms with Crippen LogP contribution in [0.25, 0.3) is 0 Å². The van der Waals surface area contributed by atoms with Gasteiger partial charge in [-0.3, -0.25) is 0 Å². The predicted molar refractivity (Wildman–Crippen MR) is 93.5 cm³/mol. The molecule has 0 heterocycles. The van der Waals surface area contributed by atoms with Crippen molar-refractivity contribution in [1.29, 1.82) is 0 Å². The lowest BCUT2D eigenvalue weighted by Crippen LogP contribution is -2.09. The fourth-order valence-corrected chi connectivity index (χ4v) is 2.07. The second kappa shape index (κ2) is 8.96. The summed E-state index contributed by atoms with van der Waals surface area (Å²) < 4.78 is 16.7. The van der Waals surface area contributed by atoms with E-state index in [1.54, 1.807) is 25.1 Å². The fourth-order valence-electron chi connectivity index (χ4n) is 2.07. The van der Waals surface area contributed by atoms with Gasteiger partial charge in [-0.15, -0.1) is 0 Å². The minimum atomic E-state index is -0.360. The molecule has 0 fully saturated rings. The summed E-state index contributed by atoms with van der Waals surface area (Å²) in [5.41, 5.74) is 1.53. The molecule has 0 amide bonds. The molecule has 0 N–H and O–H groups in total. The molecule has 0 unspecified atom stereocenters. The van der Waals surface area contributed by atoms with Gasteiger partial charge >= 0.3 is 5.97 Å². The lowest BCUT2D eigenvalue weighted by atomic mass is 10.2. The van der Waals surface area contributed by atoms with Gasteiger partial charge in [0.1, 0.15) is 6.61 Å². The highest BCUT2D eigenvalue weighted by atomic mass is 16.5. The van der Waals surface area contributed by atoms with Crippen molar-refractivity contribution in [3.8, 4) is 11.5 Å². The number of ether oxygens (including phenoxy) is 3. The van der Waals surface area contributed by atoms with Crippen molar-refractivity contribution in [2.75, 3.05) is 13.2 Å². The Bertz CT molecular complexity index is 650. The molecule has 0 aliphatic rings. The number of esters is 1. The van der Waals surface area contributed by atoms with Crippen LogP contribution in [-0.4, -0.2) is 19.2 Å². The molecule has 0 atom stereocenters. The van der Waals surface area contributed by atoms with Crippen LogP contribution in [0.15, 0.2) is 48.5 Å². The molecule has 0 saturated carbocycles. The highest BCUT2D eigenvalue weighted by Gasteiger charge is 2.13. The maximum Gasteiger partial charge on any atom is 0.338 e. The van der Waals surface area contributed by atoms with E-state index in [0.717, 1.165) is 5.56 Å². The van der Waals surface area contributed by atoms with Crippen LogP contribution in [-0.2, 0) is 11.3 Å². The van der Waals surface area contributed by atoms with Crippen LogP contribution in [0.4, 0.5) is 0 Å². The predicted octanol–water partition coefficient (Wildman–Crippen LogP) is 4.48. The van der Waals surface area contributed by atoms with E-state index in [1.165, 1.54) is 0 Å².